The number of rotatable bonds is 8. The summed E-state index contributed by atoms with van der Waals surface area (Å²) in [6.07, 6.45) is 1.38. The lowest BCUT2D eigenvalue weighted by Gasteiger charge is -2.27. The zero-order chi connectivity index (χ0) is 28.1. The van der Waals surface area contributed by atoms with Gasteiger partial charge in [0.05, 0.1) is 18.4 Å². The van der Waals surface area contributed by atoms with Gasteiger partial charge in [0.1, 0.15) is 11.5 Å². The van der Waals surface area contributed by atoms with Gasteiger partial charge in [0.2, 0.25) is 0 Å². The fourth-order valence-electron chi connectivity index (χ4n) is 4.26. The van der Waals surface area contributed by atoms with Crippen molar-refractivity contribution in [2.24, 2.45) is 13.0 Å². The number of carbonyl (C=O) groups excluding carboxylic acids is 2. The Morgan fingerprint density at radius 1 is 1.03 bits per heavy atom. The van der Waals surface area contributed by atoms with Gasteiger partial charge < -0.3 is 15.0 Å². The summed E-state index contributed by atoms with van der Waals surface area (Å²) in [5.74, 6) is 0.0507. The largest absolute Gasteiger partial charge is 0.465 e. The topological polar surface area (TPSA) is 106 Å². The fourth-order valence-corrected chi connectivity index (χ4v) is 4.26. The molecule has 200 valence electrons. The lowest BCUT2D eigenvalue weighted by atomic mass is 10.0. The zero-order valence-corrected chi connectivity index (χ0v) is 22.6. The van der Waals surface area contributed by atoms with Gasteiger partial charge in [-0.05, 0) is 54.8 Å². The lowest BCUT2D eigenvalue weighted by molar-refractivity contribution is 0.0600. The second-order valence-electron chi connectivity index (χ2n) is 9.55. The van der Waals surface area contributed by atoms with Crippen LogP contribution in [-0.2, 0) is 11.8 Å². The Bertz CT molecular complexity index is 1550. The number of ether oxygens (including phenoxy) is 1. The molecule has 2 aromatic carbocycles. The van der Waals surface area contributed by atoms with Crippen molar-refractivity contribution in [2.45, 2.75) is 20.8 Å². The predicted molar refractivity (Wildman–Crippen MR) is 151 cm³/mol. The summed E-state index contributed by atoms with van der Waals surface area (Å²) >= 11 is 0. The van der Waals surface area contributed by atoms with E-state index in [1.54, 1.807) is 30.1 Å². The molecule has 0 atom stereocenters. The molecule has 1 amide bonds. The monoisotopic (exact) mass is 525 g/mol. The van der Waals surface area contributed by atoms with Crippen molar-refractivity contribution >= 4 is 29.1 Å². The van der Waals surface area contributed by atoms with Crippen LogP contribution in [0, 0.1) is 12.8 Å². The Balaban J connectivity index is 1.73. The molecular formula is C30H31N5O4. The van der Waals surface area contributed by atoms with Crippen molar-refractivity contribution in [1.29, 1.82) is 0 Å². The second-order valence-corrected chi connectivity index (χ2v) is 9.55. The highest BCUT2D eigenvalue weighted by Crippen LogP contribution is 2.32. The number of hydrogen-bond acceptors (Lipinski definition) is 7. The van der Waals surface area contributed by atoms with Crippen LogP contribution in [0.25, 0.3) is 11.3 Å². The van der Waals surface area contributed by atoms with E-state index in [-0.39, 0.29) is 23.1 Å². The summed E-state index contributed by atoms with van der Waals surface area (Å²) in [4.78, 5) is 44.2. The quantitative estimate of drug-likeness (QED) is 0.323. The van der Waals surface area contributed by atoms with Crippen LogP contribution in [-0.4, -0.2) is 40.3 Å². The molecular weight excluding hydrogens is 494 g/mol. The van der Waals surface area contributed by atoms with Gasteiger partial charge in [-0.1, -0.05) is 44.2 Å². The number of carbonyl (C=O) groups is 2. The van der Waals surface area contributed by atoms with Gasteiger partial charge in [0.25, 0.3) is 11.5 Å². The first-order chi connectivity index (χ1) is 18.7. The van der Waals surface area contributed by atoms with E-state index in [0.717, 1.165) is 16.8 Å². The molecule has 0 fully saturated rings. The number of nitrogens with zero attached hydrogens (tertiary/aromatic N) is 4. The Kier molecular flexibility index (Phi) is 8.19. The molecule has 1 N–H and O–H groups in total. The Hall–Kier alpha value is -4.79. The SMILES string of the molecule is COC(=O)c1ccc(Nc2cc(-c3cccc(N(CC(C)C)C(=O)c4ccccc4)c3C)nn(C)c2=O)nc1. The van der Waals surface area contributed by atoms with Crippen LogP contribution < -0.4 is 15.8 Å². The van der Waals surface area contributed by atoms with Gasteiger partial charge in [-0.2, -0.15) is 5.10 Å². The van der Waals surface area contributed by atoms with E-state index in [1.807, 2.05) is 55.5 Å². The number of hydrogen-bond donors (Lipinski definition) is 1. The standard InChI is InChI=1S/C30H31N5O4/c1-19(2)18-35(28(36)21-10-7-6-8-11-21)26-13-9-12-23(20(26)3)24-16-25(29(37)34(4)33-24)32-27-15-14-22(17-31-27)30(38)39-5/h6-17,19H,18H2,1-5H3,(H,31,32). The Morgan fingerprint density at radius 3 is 2.41 bits per heavy atom. The van der Waals surface area contributed by atoms with Gasteiger partial charge >= 0.3 is 5.97 Å². The Morgan fingerprint density at radius 2 is 1.77 bits per heavy atom. The summed E-state index contributed by atoms with van der Waals surface area (Å²) in [5.41, 5.74) is 3.82. The minimum atomic E-state index is -0.497. The number of amides is 1. The van der Waals surface area contributed by atoms with E-state index in [0.29, 0.717) is 29.2 Å². The smallest absolute Gasteiger partial charge is 0.339 e. The fraction of sp³-hybridized carbons (Fsp3) is 0.233. The molecule has 9 nitrogen and oxygen atoms in total. The third-order valence-corrected chi connectivity index (χ3v) is 6.20. The molecule has 39 heavy (non-hydrogen) atoms. The number of nitrogens with one attached hydrogen (secondary N) is 1. The van der Waals surface area contributed by atoms with Crippen LogP contribution in [0.1, 0.15) is 40.1 Å². The molecule has 0 aliphatic heterocycles. The third kappa shape index (κ3) is 6.04. The van der Waals surface area contributed by atoms with Crippen molar-refractivity contribution in [1.82, 2.24) is 14.8 Å². The lowest BCUT2D eigenvalue weighted by Crippen LogP contribution is -2.34. The molecule has 0 saturated carbocycles. The van der Waals surface area contributed by atoms with Gasteiger partial charge in [-0.15, -0.1) is 0 Å². The van der Waals surface area contributed by atoms with Gasteiger partial charge in [-0.25, -0.2) is 14.5 Å². The zero-order valence-electron chi connectivity index (χ0n) is 22.6. The number of esters is 1. The van der Waals surface area contributed by atoms with Crippen molar-refractivity contribution in [3.8, 4) is 11.3 Å². The van der Waals surface area contributed by atoms with E-state index in [4.69, 9.17) is 4.74 Å². The molecule has 0 spiro atoms. The molecule has 2 aromatic heterocycles. The summed E-state index contributed by atoms with van der Waals surface area (Å²) < 4.78 is 5.96. The first kappa shape index (κ1) is 27.3. The summed E-state index contributed by atoms with van der Waals surface area (Å²) in [7, 11) is 2.88. The highest BCUT2D eigenvalue weighted by Gasteiger charge is 2.22. The second kappa shape index (κ2) is 11.7. The molecule has 0 aliphatic rings. The van der Waals surface area contributed by atoms with Crippen LogP contribution in [0.5, 0.6) is 0 Å². The number of aryl methyl sites for hydroxylation is 1. The van der Waals surface area contributed by atoms with E-state index >= 15 is 0 Å². The number of benzene rings is 2. The third-order valence-electron chi connectivity index (χ3n) is 6.20. The molecule has 2 heterocycles. The Labute approximate surface area is 227 Å². The molecule has 4 rings (SSSR count). The van der Waals surface area contributed by atoms with E-state index in [1.165, 1.54) is 18.0 Å². The summed E-state index contributed by atoms with van der Waals surface area (Å²) in [6, 6.07) is 19.8. The number of aromatic nitrogens is 3. The minimum Gasteiger partial charge on any atom is -0.465 e. The molecule has 0 unspecified atom stereocenters. The normalized spacial score (nSPS) is 10.8. The van der Waals surface area contributed by atoms with Crippen molar-refractivity contribution < 1.29 is 14.3 Å². The average Bonchev–Trinajstić information content (AvgIpc) is 2.94. The highest BCUT2D eigenvalue weighted by molar-refractivity contribution is 6.07. The highest BCUT2D eigenvalue weighted by atomic mass is 16.5. The van der Waals surface area contributed by atoms with Crippen LogP contribution in [0.4, 0.5) is 17.2 Å². The van der Waals surface area contributed by atoms with Crippen molar-refractivity contribution in [3.63, 3.8) is 0 Å². The summed E-state index contributed by atoms with van der Waals surface area (Å²) in [6.45, 7) is 6.63. The number of methoxy groups -OCH3 is 1. The van der Waals surface area contributed by atoms with Crippen LogP contribution in [0.2, 0.25) is 0 Å². The number of pyridine rings is 1. The van der Waals surface area contributed by atoms with Gasteiger partial charge in [-0.3, -0.25) is 9.59 Å². The van der Waals surface area contributed by atoms with Crippen LogP contribution in [0.3, 0.4) is 0 Å². The first-order valence-corrected chi connectivity index (χ1v) is 12.6. The maximum absolute atomic E-state index is 13.5. The minimum absolute atomic E-state index is 0.0817. The predicted octanol–water partition coefficient (Wildman–Crippen LogP) is 4.98. The van der Waals surface area contributed by atoms with Crippen molar-refractivity contribution in [2.75, 3.05) is 23.9 Å². The average molecular weight is 526 g/mol. The molecule has 9 heteroatoms. The van der Waals surface area contributed by atoms with Crippen molar-refractivity contribution in [3.05, 3.63) is 100.0 Å². The maximum atomic E-state index is 13.5. The molecule has 0 aliphatic carbocycles. The molecule has 0 bridgehead atoms. The maximum Gasteiger partial charge on any atom is 0.339 e. The van der Waals surface area contributed by atoms with E-state index in [2.05, 4.69) is 29.2 Å². The summed E-state index contributed by atoms with van der Waals surface area (Å²) in [5, 5.41) is 7.53. The van der Waals surface area contributed by atoms with Gasteiger partial charge in [0, 0.05) is 36.6 Å². The molecule has 0 radical (unpaired) electrons. The molecule has 4 aromatic rings. The number of anilines is 3. The van der Waals surface area contributed by atoms with E-state index < -0.39 is 5.97 Å². The van der Waals surface area contributed by atoms with Gasteiger partial charge in [0.15, 0.2) is 0 Å². The van der Waals surface area contributed by atoms with Crippen LogP contribution >= 0.6 is 0 Å². The van der Waals surface area contributed by atoms with Crippen LogP contribution in [0.15, 0.2) is 77.7 Å². The van der Waals surface area contributed by atoms with E-state index in [9.17, 15) is 14.4 Å². The first-order valence-electron chi connectivity index (χ1n) is 12.6. The molecule has 0 saturated heterocycles.